The van der Waals surface area contributed by atoms with Gasteiger partial charge in [-0.1, -0.05) is 49.8 Å². The molecule has 0 atom stereocenters. The van der Waals surface area contributed by atoms with Crippen molar-refractivity contribution in [2.45, 2.75) is 39.0 Å². The molecule has 0 radical (unpaired) electrons. The zero-order chi connectivity index (χ0) is 20.4. The Kier molecular flexibility index (Phi) is 6.01. The Morgan fingerprint density at radius 1 is 1.21 bits per heavy atom. The first kappa shape index (κ1) is 20.1. The van der Waals surface area contributed by atoms with Gasteiger partial charge in [0.15, 0.2) is 0 Å². The maximum absolute atomic E-state index is 13.3. The van der Waals surface area contributed by atoms with Crippen molar-refractivity contribution in [3.8, 4) is 0 Å². The highest BCUT2D eigenvalue weighted by atomic mass is 32.2. The molecule has 8 heteroatoms. The van der Waals surface area contributed by atoms with E-state index in [-0.39, 0.29) is 11.5 Å². The minimum absolute atomic E-state index is 0.110. The molecule has 0 saturated carbocycles. The predicted octanol–water partition coefficient (Wildman–Crippen LogP) is 3.69. The van der Waals surface area contributed by atoms with E-state index in [1.165, 1.54) is 16.2 Å². The molecule has 6 nitrogen and oxygen atoms in total. The highest BCUT2D eigenvalue weighted by Gasteiger charge is 2.32. The van der Waals surface area contributed by atoms with E-state index in [1.807, 2.05) is 18.2 Å². The molecule has 2 aliphatic rings. The molecule has 2 fully saturated rings. The summed E-state index contributed by atoms with van der Waals surface area (Å²) in [5.74, 6) is 0.552. The van der Waals surface area contributed by atoms with E-state index in [2.05, 4.69) is 11.8 Å². The number of amides is 1. The summed E-state index contributed by atoms with van der Waals surface area (Å²) >= 11 is 6.70. The lowest BCUT2D eigenvalue weighted by molar-refractivity contribution is -0.122. The van der Waals surface area contributed by atoms with E-state index in [0.29, 0.717) is 32.8 Å². The van der Waals surface area contributed by atoms with Gasteiger partial charge in [0.05, 0.1) is 10.5 Å². The topological polar surface area (TPSA) is 57.9 Å². The third-order valence-corrected chi connectivity index (χ3v) is 6.67. The second-order valence-corrected chi connectivity index (χ2v) is 8.99. The fourth-order valence-electron chi connectivity index (χ4n) is 3.73. The number of nitrogens with zero attached hydrogens (tertiary/aromatic N) is 4. The molecule has 0 bridgehead atoms. The van der Waals surface area contributed by atoms with Crippen LogP contribution in [0.25, 0.3) is 11.7 Å². The highest BCUT2D eigenvalue weighted by Crippen LogP contribution is 2.34. The number of hydrogen-bond donors (Lipinski definition) is 0. The van der Waals surface area contributed by atoms with Crippen LogP contribution in [0.4, 0.5) is 5.82 Å². The van der Waals surface area contributed by atoms with Crippen LogP contribution >= 0.6 is 24.0 Å². The molecule has 2 saturated heterocycles. The van der Waals surface area contributed by atoms with E-state index in [4.69, 9.17) is 17.2 Å². The number of thioether (sulfide) groups is 1. The number of rotatable bonds is 6. The molecule has 1 amide bonds. The maximum Gasteiger partial charge on any atom is 0.267 e. The van der Waals surface area contributed by atoms with Crippen LogP contribution in [-0.4, -0.2) is 44.1 Å². The summed E-state index contributed by atoms with van der Waals surface area (Å²) in [6, 6.07) is 5.51. The monoisotopic (exact) mass is 428 g/mol. The van der Waals surface area contributed by atoms with E-state index in [0.717, 1.165) is 45.2 Å². The second-order valence-electron chi connectivity index (χ2n) is 7.32. The molecule has 2 aromatic heterocycles. The Morgan fingerprint density at radius 2 is 2.00 bits per heavy atom. The van der Waals surface area contributed by atoms with Gasteiger partial charge < -0.3 is 4.90 Å². The van der Waals surface area contributed by atoms with Gasteiger partial charge in [-0.25, -0.2) is 4.98 Å². The van der Waals surface area contributed by atoms with Crippen molar-refractivity contribution in [3.05, 3.63) is 45.2 Å². The summed E-state index contributed by atoms with van der Waals surface area (Å²) in [5.41, 5.74) is 0.919. The molecule has 29 heavy (non-hydrogen) atoms. The average Bonchev–Trinajstić information content (AvgIpc) is 3.34. The Bertz CT molecular complexity index is 1040. The van der Waals surface area contributed by atoms with Gasteiger partial charge in [-0.2, -0.15) is 0 Å². The van der Waals surface area contributed by atoms with Gasteiger partial charge in [-0.3, -0.25) is 18.9 Å². The zero-order valence-electron chi connectivity index (χ0n) is 16.5. The third-order valence-electron chi connectivity index (χ3n) is 5.29. The average molecular weight is 429 g/mol. The van der Waals surface area contributed by atoms with Gasteiger partial charge in [-0.15, -0.1) is 0 Å². The van der Waals surface area contributed by atoms with Crippen LogP contribution in [0.1, 0.15) is 44.6 Å². The van der Waals surface area contributed by atoms with Crippen molar-refractivity contribution in [1.29, 1.82) is 0 Å². The number of aromatic nitrogens is 2. The number of unbranched alkanes of at least 4 members (excludes halogenated alkanes) is 2. The number of fused-ring (bicyclic) bond motifs is 1. The lowest BCUT2D eigenvalue weighted by atomic mass is 10.2. The Hall–Kier alpha value is -2.19. The molecule has 0 aromatic carbocycles. The van der Waals surface area contributed by atoms with Gasteiger partial charge in [0, 0.05) is 25.8 Å². The molecule has 0 spiro atoms. The van der Waals surface area contributed by atoms with Crippen molar-refractivity contribution >= 4 is 51.7 Å². The number of anilines is 1. The summed E-state index contributed by atoms with van der Waals surface area (Å²) in [6.45, 7) is 4.50. The van der Waals surface area contributed by atoms with Gasteiger partial charge in [0.2, 0.25) is 0 Å². The molecular formula is C21H24N4O2S2. The standard InChI is InChI=1S/C21H24N4O2S2/c1-2-3-5-13-25-20(27)16(29-21(25)28)14-15-18(23-10-7-8-11-23)22-17-9-4-6-12-24(17)19(15)26/h4,6,9,12,14H,2-3,5,7-8,10-11,13H2,1H3. The smallest absolute Gasteiger partial charge is 0.267 e. The number of carbonyl (C=O) groups excluding carboxylic acids is 1. The van der Waals surface area contributed by atoms with E-state index < -0.39 is 0 Å². The van der Waals surface area contributed by atoms with E-state index in [1.54, 1.807) is 17.2 Å². The fourth-order valence-corrected chi connectivity index (χ4v) is 5.02. The lowest BCUT2D eigenvalue weighted by Gasteiger charge is -2.19. The summed E-state index contributed by atoms with van der Waals surface area (Å²) in [6.07, 6.45) is 8.64. The molecule has 4 rings (SSSR count). The highest BCUT2D eigenvalue weighted by molar-refractivity contribution is 8.26. The van der Waals surface area contributed by atoms with Crippen molar-refractivity contribution in [1.82, 2.24) is 14.3 Å². The molecule has 0 aliphatic carbocycles. The predicted molar refractivity (Wildman–Crippen MR) is 122 cm³/mol. The van der Waals surface area contributed by atoms with Crippen LogP contribution in [0.15, 0.2) is 34.1 Å². The fraction of sp³-hybridized carbons (Fsp3) is 0.429. The molecule has 2 aromatic rings. The van der Waals surface area contributed by atoms with Crippen LogP contribution in [0.3, 0.4) is 0 Å². The van der Waals surface area contributed by atoms with Crippen LogP contribution in [0.2, 0.25) is 0 Å². The Balaban J connectivity index is 1.76. The number of thiocarbonyl (C=S) groups is 1. The summed E-state index contributed by atoms with van der Waals surface area (Å²) in [7, 11) is 0. The first-order valence-corrected chi connectivity index (χ1v) is 11.3. The van der Waals surface area contributed by atoms with E-state index in [9.17, 15) is 9.59 Å². The van der Waals surface area contributed by atoms with Crippen molar-refractivity contribution in [2.24, 2.45) is 0 Å². The first-order valence-electron chi connectivity index (χ1n) is 10.1. The van der Waals surface area contributed by atoms with Crippen molar-refractivity contribution in [2.75, 3.05) is 24.5 Å². The minimum atomic E-state index is -0.159. The largest absolute Gasteiger partial charge is 0.356 e. The quantitative estimate of drug-likeness (QED) is 0.397. The lowest BCUT2D eigenvalue weighted by Crippen LogP contribution is -2.29. The molecule has 0 unspecified atom stereocenters. The molecule has 152 valence electrons. The molecule has 2 aliphatic heterocycles. The van der Waals surface area contributed by atoms with Crippen LogP contribution in [0.5, 0.6) is 0 Å². The second kappa shape index (κ2) is 8.67. The third kappa shape index (κ3) is 3.96. The molecular weight excluding hydrogens is 404 g/mol. The van der Waals surface area contributed by atoms with Gasteiger partial charge >= 0.3 is 0 Å². The van der Waals surface area contributed by atoms with Gasteiger partial charge in [-0.05, 0) is 37.5 Å². The van der Waals surface area contributed by atoms with Crippen LogP contribution in [-0.2, 0) is 4.79 Å². The number of pyridine rings is 1. The van der Waals surface area contributed by atoms with E-state index >= 15 is 0 Å². The minimum Gasteiger partial charge on any atom is -0.356 e. The number of carbonyl (C=O) groups is 1. The first-order chi connectivity index (χ1) is 14.1. The van der Waals surface area contributed by atoms with Crippen LogP contribution in [0, 0.1) is 0 Å². The summed E-state index contributed by atoms with van der Waals surface area (Å²) < 4.78 is 2.10. The Morgan fingerprint density at radius 3 is 2.76 bits per heavy atom. The van der Waals surface area contributed by atoms with Crippen molar-refractivity contribution in [3.63, 3.8) is 0 Å². The Labute approximate surface area is 179 Å². The van der Waals surface area contributed by atoms with Crippen molar-refractivity contribution < 1.29 is 4.79 Å². The molecule has 0 N–H and O–H groups in total. The normalized spacial score (nSPS) is 18.6. The number of hydrogen-bond acceptors (Lipinski definition) is 6. The van der Waals surface area contributed by atoms with Gasteiger partial charge in [0.25, 0.3) is 11.5 Å². The van der Waals surface area contributed by atoms with Gasteiger partial charge in [0.1, 0.15) is 15.8 Å². The summed E-state index contributed by atoms with van der Waals surface area (Å²) in [5, 5.41) is 0. The zero-order valence-corrected chi connectivity index (χ0v) is 18.1. The maximum atomic E-state index is 13.3. The van der Waals surface area contributed by atoms with Crippen LogP contribution < -0.4 is 10.5 Å². The molecule has 4 heterocycles. The SMILES string of the molecule is CCCCCN1C(=O)C(=Cc2c(N3CCCC3)nc3ccccn3c2=O)SC1=S. The summed E-state index contributed by atoms with van der Waals surface area (Å²) in [4.78, 5) is 35.2.